The zero-order chi connectivity index (χ0) is 32.0. The summed E-state index contributed by atoms with van der Waals surface area (Å²) in [5.74, 6) is -1.91. The van der Waals surface area contributed by atoms with E-state index in [1.165, 1.54) is 6.08 Å². The van der Waals surface area contributed by atoms with Crippen molar-refractivity contribution in [2.45, 2.75) is 26.1 Å². The van der Waals surface area contributed by atoms with Gasteiger partial charge in [-0.25, -0.2) is 9.78 Å². The van der Waals surface area contributed by atoms with Gasteiger partial charge in [-0.2, -0.15) is 18.2 Å². The molecule has 2 aliphatic rings. The lowest BCUT2D eigenvalue weighted by Crippen LogP contribution is -2.49. The van der Waals surface area contributed by atoms with Crippen LogP contribution in [0.3, 0.4) is 0 Å². The number of nitrogens with zero attached hydrogens (tertiary/aromatic N) is 6. The van der Waals surface area contributed by atoms with E-state index in [1.807, 2.05) is 29.2 Å². The van der Waals surface area contributed by atoms with E-state index in [0.29, 0.717) is 37.1 Å². The quantitative estimate of drug-likeness (QED) is 0.384. The van der Waals surface area contributed by atoms with Gasteiger partial charge in [0.2, 0.25) is 17.8 Å². The summed E-state index contributed by atoms with van der Waals surface area (Å²) >= 11 is 0. The van der Waals surface area contributed by atoms with Crippen LogP contribution >= 0.6 is 0 Å². The number of amides is 2. The largest absolute Gasteiger partial charge is 0.490 e. The number of aryl methyl sites for hydroxylation is 1. The number of rotatable bonds is 7. The molecule has 0 spiro atoms. The normalized spacial score (nSPS) is 15.2. The number of aromatic nitrogens is 3. The highest BCUT2D eigenvalue weighted by atomic mass is 19.4. The number of carbonyl (C=O) groups is 3. The van der Waals surface area contributed by atoms with E-state index in [2.05, 4.69) is 26.8 Å². The molecule has 234 valence electrons. The van der Waals surface area contributed by atoms with E-state index >= 15 is 0 Å². The number of anilines is 3. The second-order valence-corrected chi connectivity index (χ2v) is 10.4. The number of benzene rings is 1. The predicted octanol–water partition coefficient (Wildman–Crippen LogP) is 2.87. The maximum absolute atomic E-state index is 12.7. The number of fused-ring (bicyclic) bond motifs is 1. The van der Waals surface area contributed by atoms with Crippen molar-refractivity contribution < 1.29 is 32.7 Å². The Morgan fingerprint density at radius 1 is 1.05 bits per heavy atom. The molecule has 0 unspecified atom stereocenters. The molecule has 0 bridgehead atoms. The zero-order valence-electron chi connectivity index (χ0n) is 24.0. The molecule has 2 amide bonds. The molecule has 12 nitrogen and oxygen atoms in total. The Bertz CT molecular complexity index is 1580. The Morgan fingerprint density at radius 2 is 1.68 bits per heavy atom. The van der Waals surface area contributed by atoms with Gasteiger partial charge in [0.05, 0.1) is 0 Å². The maximum atomic E-state index is 12.7. The predicted molar refractivity (Wildman–Crippen MR) is 157 cm³/mol. The second kappa shape index (κ2) is 13.6. The Balaban J connectivity index is 0.000000566. The number of aliphatic carboxylic acids is 1. The summed E-state index contributed by atoms with van der Waals surface area (Å²) in [6.45, 7) is 10.1. The first-order valence-corrected chi connectivity index (χ1v) is 13.8. The lowest BCUT2D eigenvalue weighted by molar-refractivity contribution is -0.192. The van der Waals surface area contributed by atoms with Crippen LogP contribution in [0.4, 0.5) is 30.5 Å². The van der Waals surface area contributed by atoms with Gasteiger partial charge in [0, 0.05) is 81.8 Å². The maximum Gasteiger partial charge on any atom is 0.490 e. The molecule has 2 saturated heterocycles. The van der Waals surface area contributed by atoms with Crippen molar-refractivity contribution >= 4 is 46.1 Å². The third-order valence-corrected chi connectivity index (χ3v) is 7.38. The molecule has 0 aliphatic carbocycles. The van der Waals surface area contributed by atoms with Crippen molar-refractivity contribution in [3.63, 3.8) is 0 Å². The van der Waals surface area contributed by atoms with E-state index in [4.69, 9.17) is 9.90 Å². The lowest BCUT2D eigenvalue weighted by Gasteiger charge is -2.38. The van der Waals surface area contributed by atoms with E-state index in [0.717, 1.165) is 49.4 Å². The van der Waals surface area contributed by atoms with Crippen LogP contribution < -0.4 is 15.8 Å². The summed E-state index contributed by atoms with van der Waals surface area (Å²) in [5.41, 5.74) is 2.43. The standard InChI is InChI=1S/C27H31N7O3.C2HF3O2/c1-3-24(36)33-17-20(18-33)10-11-34-25(37)9-4-21-16-28-27(30-26(21)34)29-22-5-7-23(8-6-22)32-14-12-31(13-15-32)19(2)35;3-2(4,5)1(6)7/h3-9,16,20H,1,10-15,17-18H2,2H3,(H,28,29,30);(H,6,7). The molecule has 0 saturated carbocycles. The average molecular weight is 616 g/mol. The number of carboxylic acid groups (broad SMARTS) is 1. The number of carbonyl (C=O) groups excluding carboxylic acids is 2. The molecule has 0 radical (unpaired) electrons. The average Bonchev–Trinajstić information content (AvgIpc) is 2.97. The molecular weight excluding hydrogens is 583 g/mol. The smallest absolute Gasteiger partial charge is 0.475 e. The van der Waals surface area contributed by atoms with Gasteiger partial charge < -0.3 is 25.1 Å². The van der Waals surface area contributed by atoms with E-state index < -0.39 is 12.1 Å². The number of hydrogen-bond donors (Lipinski definition) is 2. The number of pyridine rings is 1. The summed E-state index contributed by atoms with van der Waals surface area (Å²) in [5, 5.41) is 11.2. The highest BCUT2D eigenvalue weighted by molar-refractivity contribution is 5.87. The SMILES string of the molecule is C=CC(=O)N1CC(CCn2c(=O)ccc3cnc(Nc4ccc(N5CCN(C(C)=O)CC5)cc4)nc32)C1.O=C(O)C(F)(F)F. The molecule has 3 aromatic rings. The number of hydrogen-bond acceptors (Lipinski definition) is 8. The minimum absolute atomic E-state index is 0.0503. The number of piperazine rings is 1. The molecule has 5 rings (SSSR count). The number of likely N-dealkylation sites (tertiary alicyclic amines) is 1. The number of carboxylic acids is 1. The summed E-state index contributed by atoms with van der Waals surface area (Å²) in [4.78, 5) is 59.8. The fourth-order valence-electron chi connectivity index (χ4n) is 4.89. The van der Waals surface area contributed by atoms with Gasteiger partial charge in [-0.3, -0.25) is 19.0 Å². The Kier molecular flexibility index (Phi) is 9.86. The molecule has 2 aromatic heterocycles. The van der Waals surface area contributed by atoms with Crippen LogP contribution in [0.25, 0.3) is 11.0 Å². The Morgan fingerprint density at radius 3 is 2.25 bits per heavy atom. The van der Waals surface area contributed by atoms with Crippen molar-refractivity contribution in [3.05, 3.63) is 65.6 Å². The van der Waals surface area contributed by atoms with Crippen LogP contribution in [0.1, 0.15) is 13.3 Å². The van der Waals surface area contributed by atoms with Crippen LogP contribution in [0.15, 0.2) is 60.0 Å². The topological polar surface area (TPSA) is 141 Å². The summed E-state index contributed by atoms with van der Waals surface area (Å²) < 4.78 is 33.4. The summed E-state index contributed by atoms with van der Waals surface area (Å²) in [6.07, 6.45) is -1.24. The van der Waals surface area contributed by atoms with Crippen LogP contribution in [0.2, 0.25) is 0 Å². The Labute approximate surface area is 250 Å². The second-order valence-electron chi connectivity index (χ2n) is 10.4. The first kappa shape index (κ1) is 32.0. The fraction of sp³-hybridized carbons (Fsp3) is 0.379. The Hall–Kier alpha value is -4.95. The molecule has 2 N–H and O–H groups in total. The van der Waals surface area contributed by atoms with E-state index in [-0.39, 0.29) is 17.4 Å². The van der Waals surface area contributed by atoms with Gasteiger partial charge in [-0.05, 0) is 48.7 Å². The molecule has 15 heteroatoms. The van der Waals surface area contributed by atoms with Crippen molar-refractivity contribution in [1.29, 1.82) is 0 Å². The minimum Gasteiger partial charge on any atom is -0.475 e. The van der Waals surface area contributed by atoms with Gasteiger partial charge in [-0.1, -0.05) is 6.58 Å². The van der Waals surface area contributed by atoms with Crippen molar-refractivity contribution in [3.8, 4) is 0 Å². The first-order chi connectivity index (χ1) is 20.8. The van der Waals surface area contributed by atoms with Gasteiger partial charge in [0.25, 0.3) is 5.56 Å². The molecule has 2 fully saturated rings. The van der Waals surface area contributed by atoms with E-state index in [1.54, 1.807) is 34.7 Å². The third-order valence-electron chi connectivity index (χ3n) is 7.38. The van der Waals surface area contributed by atoms with Gasteiger partial charge in [-0.15, -0.1) is 0 Å². The van der Waals surface area contributed by atoms with Gasteiger partial charge >= 0.3 is 12.1 Å². The minimum atomic E-state index is -5.08. The monoisotopic (exact) mass is 615 g/mol. The van der Waals surface area contributed by atoms with Gasteiger partial charge in [0.15, 0.2) is 0 Å². The molecular formula is C29H32F3N7O5. The summed E-state index contributed by atoms with van der Waals surface area (Å²) in [6, 6.07) is 11.3. The molecule has 4 heterocycles. The molecule has 44 heavy (non-hydrogen) atoms. The highest BCUT2D eigenvalue weighted by Gasteiger charge is 2.38. The van der Waals surface area contributed by atoms with Crippen molar-refractivity contribution in [1.82, 2.24) is 24.3 Å². The number of alkyl halides is 3. The van der Waals surface area contributed by atoms with E-state index in [9.17, 15) is 27.6 Å². The molecule has 0 atom stereocenters. The summed E-state index contributed by atoms with van der Waals surface area (Å²) in [7, 11) is 0. The first-order valence-electron chi connectivity index (χ1n) is 13.8. The number of halogens is 3. The van der Waals surface area contributed by atoms with Gasteiger partial charge in [0.1, 0.15) is 5.65 Å². The zero-order valence-corrected chi connectivity index (χ0v) is 24.0. The lowest BCUT2D eigenvalue weighted by atomic mass is 9.96. The molecule has 1 aromatic carbocycles. The van der Waals surface area contributed by atoms with Crippen LogP contribution in [0, 0.1) is 5.92 Å². The van der Waals surface area contributed by atoms with Crippen molar-refractivity contribution in [2.75, 3.05) is 49.5 Å². The highest BCUT2D eigenvalue weighted by Crippen LogP contribution is 2.23. The van der Waals surface area contributed by atoms with Crippen LogP contribution in [-0.4, -0.2) is 92.7 Å². The van der Waals surface area contributed by atoms with Crippen LogP contribution in [0.5, 0.6) is 0 Å². The third kappa shape index (κ3) is 7.90. The van der Waals surface area contributed by atoms with Crippen LogP contribution in [-0.2, 0) is 20.9 Å². The number of nitrogens with one attached hydrogen (secondary N) is 1. The molecule has 2 aliphatic heterocycles. The van der Waals surface area contributed by atoms with Crippen molar-refractivity contribution in [2.24, 2.45) is 5.92 Å². The fourth-order valence-corrected chi connectivity index (χ4v) is 4.89.